The number of carbonyl (C=O) groups is 3. The molecule has 1 aliphatic heterocycles. The molecule has 21 heavy (non-hydrogen) atoms. The first kappa shape index (κ1) is 14.8. The lowest BCUT2D eigenvalue weighted by Crippen LogP contribution is -2.40. The van der Waals surface area contributed by atoms with Crippen LogP contribution in [0.1, 0.15) is 23.2 Å². The molecule has 0 aromatic heterocycles. The Morgan fingerprint density at radius 1 is 1.43 bits per heavy atom. The van der Waals surface area contributed by atoms with Gasteiger partial charge in [-0.05, 0) is 18.6 Å². The summed E-state index contributed by atoms with van der Waals surface area (Å²) in [6, 6.07) is 4.34. The van der Waals surface area contributed by atoms with Crippen LogP contribution in [0.25, 0.3) is 0 Å². The molecule has 1 saturated heterocycles. The molecule has 1 fully saturated rings. The number of nitrogens with one attached hydrogen (secondary N) is 2. The Morgan fingerprint density at radius 2 is 2.19 bits per heavy atom. The van der Waals surface area contributed by atoms with Crippen molar-refractivity contribution in [1.82, 2.24) is 5.32 Å². The van der Waals surface area contributed by atoms with E-state index in [-0.39, 0.29) is 29.0 Å². The first-order valence-corrected chi connectivity index (χ1v) is 6.50. The minimum absolute atomic E-state index is 0.0282. The van der Waals surface area contributed by atoms with Crippen molar-refractivity contribution in [3.63, 3.8) is 0 Å². The number of anilines is 1. The fourth-order valence-corrected chi connectivity index (χ4v) is 2.15. The zero-order valence-corrected chi connectivity index (χ0v) is 11.5. The lowest BCUT2D eigenvalue weighted by atomic mass is 9.98. The number of ether oxygens (including phenoxy) is 1. The highest BCUT2D eigenvalue weighted by atomic mass is 16.5. The summed E-state index contributed by atoms with van der Waals surface area (Å²) < 4.78 is 5.00. The Hall–Kier alpha value is -2.57. The Kier molecular flexibility index (Phi) is 4.42. The fraction of sp³-hybridized carbons (Fsp3) is 0.357. The van der Waals surface area contributed by atoms with Gasteiger partial charge in [0.05, 0.1) is 13.0 Å². The number of carboxylic acid groups (broad SMARTS) is 1. The minimum atomic E-state index is -1.10. The SMILES string of the molecule is COc1cc(NC(=O)C2CCC(=O)NC2)ccc1C(=O)O. The van der Waals surface area contributed by atoms with E-state index in [1.165, 1.54) is 25.3 Å². The van der Waals surface area contributed by atoms with E-state index in [0.29, 0.717) is 25.1 Å². The molecule has 3 N–H and O–H groups in total. The summed E-state index contributed by atoms with van der Waals surface area (Å²) in [5.74, 6) is -1.46. The summed E-state index contributed by atoms with van der Waals surface area (Å²) in [5, 5.41) is 14.3. The van der Waals surface area contributed by atoms with Gasteiger partial charge < -0.3 is 20.5 Å². The number of hydrogen-bond acceptors (Lipinski definition) is 4. The highest BCUT2D eigenvalue weighted by molar-refractivity contribution is 5.96. The van der Waals surface area contributed by atoms with E-state index in [2.05, 4.69) is 10.6 Å². The second kappa shape index (κ2) is 6.25. The average Bonchev–Trinajstić information content (AvgIpc) is 2.47. The number of methoxy groups -OCH3 is 1. The van der Waals surface area contributed by atoms with E-state index < -0.39 is 5.97 Å². The molecule has 112 valence electrons. The Balaban J connectivity index is 2.07. The summed E-state index contributed by atoms with van der Waals surface area (Å²) in [6.07, 6.45) is 0.835. The number of carbonyl (C=O) groups excluding carboxylic acids is 2. The minimum Gasteiger partial charge on any atom is -0.496 e. The van der Waals surface area contributed by atoms with Gasteiger partial charge in [0, 0.05) is 24.7 Å². The molecule has 2 rings (SSSR count). The zero-order valence-electron chi connectivity index (χ0n) is 11.5. The second-order valence-electron chi connectivity index (χ2n) is 4.75. The van der Waals surface area contributed by atoms with Gasteiger partial charge in [-0.2, -0.15) is 0 Å². The summed E-state index contributed by atoms with van der Waals surface area (Å²) in [4.78, 5) is 34.1. The van der Waals surface area contributed by atoms with E-state index >= 15 is 0 Å². The van der Waals surface area contributed by atoms with Gasteiger partial charge in [0.25, 0.3) is 0 Å². The number of amides is 2. The average molecular weight is 292 g/mol. The molecule has 0 aliphatic carbocycles. The zero-order chi connectivity index (χ0) is 15.4. The molecule has 1 aliphatic rings. The molecule has 1 heterocycles. The summed E-state index contributed by atoms with van der Waals surface area (Å²) in [5.41, 5.74) is 0.485. The summed E-state index contributed by atoms with van der Waals surface area (Å²) >= 11 is 0. The van der Waals surface area contributed by atoms with Gasteiger partial charge in [-0.15, -0.1) is 0 Å². The number of aromatic carboxylic acids is 1. The first-order chi connectivity index (χ1) is 10.0. The monoisotopic (exact) mass is 292 g/mol. The van der Waals surface area contributed by atoms with Crippen LogP contribution >= 0.6 is 0 Å². The van der Waals surface area contributed by atoms with E-state index in [0.717, 1.165) is 0 Å². The first-order valence-electron chi connectivity index (χ1n) is 6.50. The van der Waals surface area contributed by atoms with Gasteiger partial charge in [0.1, 0.15) is 11.3 Å². The second-order valence-corrected chi connectivity index (χ2v) is 4.75. The maximum atomic E-state index is 12.1. The number of hydrogen-bond donors (Lipinski definition) is 3. The normalized spacial score (nSPS) is 17.8. The third kappa shape index (κ3) is 3.50. The van der Waals surface area contributed by atoms with E-state index in [4.69, 9.17) is 9.84 Å². The lowest BCUT2D eigenvalue weighted by Gasteiger charge is -2.21. The largest absolute Gasteiger partial charge is 0.496 e. The summed E-state index contributed by atoms with van der Waals surface area (Å²) in [7, 11) is 1.37. The predicted molar refractivity (Wildman–Crippen MR) is 74.3 cm³/mol. The highest BCUT2D eigenvalue weighted by Gasteiger charge is 2.24. The van der Waals surface area contributed by atoms with Crippen LogP contribution < -0.4 is 15.4 Å². The number of piperidine rings is 1. The van der Waals surface area contributed by atoms with Crippen molar-refractivity contribution in [2.75, 3.05) is 19.0 Å². The quantitative estimate of drug-likeness (QED) is 0.763. The van der Waals surface area contributed by atoms with E-state index in [9.17, 15) is 14.4 Å². The highest BCUT2D eigenvalue weighted by Crippen LogP contribution is 2.24. The van der Waals surface area contributed by atoms with Gasteiger partial charge in [0.15, 0.2) is 0 Å². The molecule has 0 spiro atoms. The number of carboxylic acids is 1. The molecule has 0 radical (unpaired) electrons. The van der Waals surface area contributed by atoms with Crippen molar-refractivity contribution < 1.29 is 24.2 Å². The Labute approximate surface area is 121 Å². The van der Waals surface area contributed by atoms with Gasteiger partial charge in [-0.3, -0.25) is 9.59 Å². The molecule has 2 amide bonds. The van der Waals surface area contributed by atoms with Crippen LogP contribution in [0.3, 0.4) is 0 Å². The predicted octanol–water partition coefficient (Wildman–Crippen LogP) is 0.858. The standard InChI is InChI=1S/C14H16N2O5/c1-21-11-6-9(3-4-10(11)14(19)20)16-13(18)8-2-5-12(17)15-7-8/h3-4,6,8H,2,5,7H2,1H3,(H,15,17)(H,16,18)(H,19,20). The molecular formula is C14H16N2O5. The van der Waals surface area contributed by atoms with Crippen LogP contribution in [0.2, 0.25) is 0 Å². The Morgan fingerprint density at radius 3 is 2.76 bits per heavy atom. The van der Waals surface area contributed by atoms with Crippen LogP contribution in [0.5, 0.6) is 5.75 Å². The maximum Gasteiger partial charge on any atom is 0.339 e. The third-order valence-corrected chi connectivity index (χ3v) is 3.34. The molecule has 7 nitrogen and oxygen atoms in total. The Bertz CT molecular complexity index is 575. The van der Waals surface area contributed by atoms with Crippen LogP contribution in [-0.2, 0) is 9.59 Å². The van der Waals surface area contributed by atoms with Crippen molar-refractivity contribution in [3.8, 4) is 5.75 Å². The molecule has 0 bridgehead atoms. The maximum absolute atomic E-state index is 12.1. The van der Waals surface area contributed by atoms with Gasteiger partial charge in [-0.25, -0.2) is 4.79 Å². The van der Waals surface area contributed by atoms with E-state index in [1.807, 2.05) is 0 Å². The van der Waals surface area contributed by atoms with Crippen LogP contribution in [0, 0.1) is 5.92 Å². The van der Waals surface area contributed by atoms with Crippen molar-refractivity contribution in [1.29, 1.82) is 0 Å². The number of benzene rings is 1. The van der Waals surface area contributed by atoms with Crippen LogP contribution in [0.4, 0.5) is 5.69 Å². The molecule has 1 atom stereocenters. The molecule has 7 heteroatoms. The van der Waals surface area contributed by atoms with Crippen LogP contribution in [-0.4, -0.2) is 36.5 Å². The van der Waals surface area contributed by atoms with Crippen molar-refractivity contribution in [2.24, 2.45) is 5.92 Å². The molecule has 1 aromatic rings. The van der Waals surface area contributed by atoms with Gasteiger partial charge in [0.2, 0.25) is 11.8 Å². The molecule has 0 saturated carbocycles. The molecular weight excluding hydrogens is 276 g/mol. The van der Waals surface area contributed by atoms with Crippen molar-refractivity contribution >= 4 is 23.5 Å². The van der Waals surface area contributed by atoms with Gasteiger partial charge in [-0.1, -0.05) is 0 Å². The van der Waals surface area contributed by atoms with E-state index in [1.54, 1.807) is 0 Å². The summed E-state index contributed by atoms with van der Waals surface area (Å²) in [6.45, 7) is 0.314. The smallest absolute Gasteiger partial charge is 0.339 e. The third-order valence-electron chi connectivity index (χ3n) is 3.34. The van der Waals surface area contributed by atoms with Crippen LogP contribution in [0.15, 0.2) is 18.2 Å². The van der Waals surface area contributed by atoms with Gasteiger partial charge >= 0.3 is 5.97 Å². The molecule has 1 aromatic carbocycles. The number of rotatable bonds is 4. The van der Waals surface area contributed by atoms with Crippen molar-refractivity contribution in [2.45, 2.75) is 12.8 Å². The molecule has 1 unspecified atom stereocenters. The fourth-order valence-electron chi connectivity index (χ4n) is 2.15. The lowest BCUT2D eigenvalue weighted by molar-refractivity contribution is -0.126. The van der Waals surface area contributed by atoms with Crippen molar-refractivity contribution in [3.05, 3.63) is 23.8 Å². The topological polar surface area (TPSA) is 105 Å².